The van der Waals surface area contributed by atoms with Gasteiger partial charge in [-0.3, -0.25) is 4.57 Å². The van der Waals surface area contributed by atoms with Gasteiger partial charge in [-0.15, -0.1) is 0 Å². The van der Waals surface area contributed by atoms with Gasteiger partial charge in [0.15, 0.2) is 0 Å². The van der Waals surface area contributed by atoms with E-state index in [0.717, 1.165) is 0 Å². The third kappa shape index (κ3) is 5.11. The van der Waals surface area contributed by atoms with Crippen LogP contribution in [0, 0.1) is 5.92 Å². The molecule has 6 heteroatoms. The number of hydrogen-bond acceptors (Lipinski definition) is 4. The van der Waals surface area contributed by atoms with Crippen LogP contribution in [0.1, 0.15) is 13.8 Å². The van der Waals surface area contributed by atoms with Crippen LogP contribution >= 0.6 is 7.60 Å². The van der Waals surface area contributed by atoms with Crippen molar-refractivity contribution in [3.8, 4) is 0 Å². The van der Waals surface area contributed by atoms with Crippen LogP contribution in [0.5, 0.6) is 0 Å². The molecule has 15 heavy (non-hydrogen) atoms. The van der Waals surface area contributed by atoms with E-state index in [1.54, 1.807) is 0 Å². The van der Waals surface area contributed by atoms with E-state index in [1.165, 1.54) is 20.3 Å². The van der Waals surface area contributed by atoms with Crippen molar-refractivity contribution in [1.29, 1.82) is 0 Å². The van der Waals surface area contributed by atoms with Gasteiger partial charge in [0, 0.05) is 19.8 Å². The molecule has 0 fully saturated rings. The third-order valence-electron chi connectivity index (χ3n) is 1.73. The maximum Gasteiger partial charge on any atom is 0.334 e. The van der Waals surface area contributed by atoms with Gasteiger partial charge in [0.25, 0.3) is 0 Å². The molecule has 0 spiro atoms. The Hall–Kier alpha value is -0.640. The van der Waals surface area contributed by atoms with E-state index in [4.69, 9.17) is 5.11 Å². The maximum absolute atomic E-state index is 11.7. The SMILES string of the molecule is COP(=O)(C/C(=C\C(C)C)C(=O)O)OC. The van der Waals surface area contributed by atoms with Crippen molar-refractivity contribution in [1.82, 2.24) is 0 Å². The normalized spacial score (nSPS) is 13.3. The Balaban J connectivity index is 4.85. The molecule has 0 saturated heterocycles. The minimum atomic E-state index is -3.30. The summed E-state index contributed by atoms with van der Waals surface area (Å²) in [6.45, 7) is 3.68. The van der Waals surface area contributed by atoms with Crippen molar-refractivity contribution in [3.05, 3.63) is 11.6 Å². The van der Waals surface area contributed by atoms with Crippen LogP contribution in [0.15, 0.2) is 11.6 Å². The topological polar surface area (TPSA) is 72.8 Å². The zero-order valence-electron chi connectivity index (χ0n) is 9.39. The minimum absolute atomic E-state index is 0.0528. The second kappa shape index (κ2) is 6.05. The fourth-order valence-electron chi connectivity index (χ4n) is 1.01. The second-order valence-electron chi connectivity index (χ2n) is 3.38. The highest BCUT2D eigenvalue weighted by Crippen LogP contribution is 2.47. The lowest BCUT2D eigenvalue weighted by Crippen LogP contribution is -2.08. The highest BCUT2D eigenvalue weighted by molar-refractivity contribution is 7.54. The molecule has 0 unspecified atom stereocenters. The van der Waals surface area contributed by atoms with Gasteiger partial charge in [-0.1, -0.05) is 19.9 Å². The molecule has 0 aliphatic heterocycles. The first kappa shape index (κ1) is 14.4. The Bertz CT molecular complexity index is 287. The van der Waals surface area contributed by atoms with Gasteiger partial charge in [0.2, 0.25) is 0 Å². The van der Waals surface area contributed by atoms with Gasteiger partial charge in [-0.25, -0.2) is 4.79 Å². The molecular weight excluding hydrogens is 219 g/mol. The van der Waals surface area contributed by atoms with E-state index in [9.17, 15) is 9.36 Å². The van der Waals surface area contributed by atoms with Crippen LogP contribution in [-0.2, 0) is 18.4 Å². The summed E-state index contributed by atoms with van der Waals surface area (Å²) in [5.41, 5.74) is 0.0528. The lowest BCUT2D eigenvalue weighted by Gasteiger charge is -2.14. The second-order valence-corrected chi connectivity index (χ2v) is 5.64. The molecule has 0 atom stereocenters. The summed E-state index contributed by atoms with van der Waals surface area (Å²) >= 11 is 0. The zero-order chi connectivity index (χ0) is 12.1. The maximum atomic E-state index is 11.7. The van der Waals surface area contributed by atoms with Crippen LogP contribution in [-0.4, -0.2) is 31.5 Å². The first-order valence-electron chi connectivity index (χ1n) is 4.49. The Morgan fingerprint density at radius 3 is 2.13 bits per heavy atom. The predicted octanol–water partition coefficient (Wildman–Crippen LogP) is 2.14. The fraction of sp³-hybridized carbons (Fsp3) is 0.667. The smallest absolute Gasteiger partial charge is 0.334 e. The van der Waals surface area contributed by atoms with Crippen molar-refractivity contribution in [3.63, 3.8) is 0 Å². The molecule has 0 aliphatic carbocycles. The largest absolute Gasteiger partial charge is 0.478 e. The van der Waals surface area contributed by atoms with Crippen molar-refractivity contribution in [2.75, 3.05) is 20.4 Å². The highest BCUT2D eigenvalue weighted by atomic mass is 31.2. The van der Waals surface area contributed by atoms with E-state index in [2.05, 4.69) is 9.05 Å². The standard InChI is InChI=1S/C9H17O5P/c1-7(2)5-8(9(10)11)6-15(12,13-3)14-4/h5,7H,6H2,1-4H3,(H,10,11)/b8-5+. The van der Waals surface area contributed by atoms with E-state index < -0.39 is 13.6 Å². The number of aliphatic carboxylic acids is 1. The van der Waals surface area contributed by atoms with Crippen molar-refractivity contribution in [2.45, 2.75) is 13.8 Å². The van der Waals surface area contributed by atoms with E-state index in [1.807, 2.05) is 13.8 Å². The molecule has 1 N–H and O–H groups in total. The molecule has 0 saturated carbocycles. The summed E-state index contributed by atoms with van der Waals surface area (Å²) in [6.07, 6.45) is 1.32. The van der Waals surface area contributed by atoms with Gasteiger partial charge in [-0.2, -0.15) is 0 Å². The molecular formula is C9H17O5P. The number of rotatable bonds is 6. The highest BCUT2D eigenvalue weighted by Gasteiger charge is 2.26. The number of allylic oxidation sites excluding steroid dienone is 1. The van der Waals surface area contributed by atoms with Gasteiger partial charge in [-0.05, 0) is 5.92 Å². The Morgan fingerprint density at radius 1 is 1.40 bits per heavy atom. The molecule has 0 aromatic heterocycles. The lowest BCUT2D eigenvalue weighted by atomic mass is 10.1. The van der Waals surface area contributed by atoms with Gasteiger partial charge in [0.05, 0.1) is 6.16 Å². The van der Waals surface area contributed by atoms with Crippen LogP contribution in [0.4, 0.5) is 0 Å². The number of carboxylic acids is 1. The number of carbonyl (C=O) groups is 1. The quantitative estimate of drug-likeness (QED) is 0.565. The molecule has 5 nitrogen and oxygen atoms in total. The van der Waals surface area contributed by atoms with Gasteiger partial charge < -0.3 is 14.2 Å². The summed E-state index contributed by atoms with van der Waals surface area (Å²) in [5, 5.41) is 8.88. The zero-order valence-corrected chi connectivity index (χ0v) is 10.3. The van der Waals surface area contributed by atoms with Gasteiger partial charge >= 0.3 is 13.6 Å². The predicted molar refractivity (Wildman–Crippen MR) is 57.0 cm³/mol. The summed E-state index contributed by atoms with van der Waals surface area (Å²) < 4.78 is 21.1. The molecule has 88 valence electrons. The first-order valence-corrected chi connectivity index (χ1v) is 6.22. The van der Waals surface area contributed by atoms with E-state index >= 15 is 0 Å². The Kier molecular flexibility index (Phi) is 5.80. The molecule has 0 aromatic rings. The molecule has 0 heterocycles. The van der Waals surface area contributed by atoms with Gasteiger partial charge in [0.1, 0.15) is 0 Å². The minimum Gasteiger partial charge on any atom is -0.478 e. The third-order valence-corrected chi connectivity index (χ3v) is 3.57. The van der Waals surface area contributed by atoms with Crippen molar-refractivity contribution < 1.29 is 23.5 Å². The number of carboxylic acid groups (broad SMARTS) is 1. The molecule has 0 amide bonds. The Labute approximate surface area is 89.6 Å². The lowest BCUT2D eigenvalue weighted by molar-refractivity contribution is -0.132. The first-order chi connectivity index (χ1) is 6.84. The van der Waals surface area contributed by atoms with Crippen molar-refractivity contribution in [2.24, 2.45) is 5.92 Å². The monoisotopic (exact) mass is 236 g/mol. The van der Waals surface area contributed by atoms with Crippen LogP contribution in [0.3, 0.4) is 0 Å². The average Bonchev–Trinajstić information content (AvgIpc) is 2.16. The molecule has 0 bridgehead atoms. The van der Waals surface area contributed by atoms with Crippen LogP contribution in [0.25, 0.3) is 0 Å². The van der Waals surface area contributed by atoms with Crippen molar-refractivity contribution >= 4 is 13.6 Å². The fourth-order valence-corrected chi connectivity index (χ4v) is 2.07. The van der Waals surface area contributed by atoms with Crippen LogP contribution < -0.4 is 0 Å². The van der Waals surface area contributed by atoms with E-state index in [0.29, 0.717) is 0 Å². The summed E-state index contributed by atoms with van der Waals surface area (Å²) in [6, 6.07) is 0. The summed E-state index contributed by atoms with van der Waals surface area (Å²) in [4.78, 5) is 10.8. The molecule has 0 radical (unpaired) electrons. The summed E-state index contributed by atoms with van der Waals surface area (Å²) in [5.74, 6) is -1.03. The summed E-state index contributed by atoms with van der Waals surface area (Å²) in [7, 11) is -0.826. The number of hydrogen-bond donors (Lipinski definition) is 1. The molecule has 0 aromatic carbocycles. The Morgan fingerprint density at radius 2 is 1.87 bits per heavy atom. The van der Waals surface area contributed by atoms with E-state index in [-0.39, 0.29) is 17.7 Å². The van der Waals surface area contributed by atoms with Crippen LogP contribution in [0.2, 0.25) is 0 Å². The average molecular weight is 236 g/mol. The molecule has 0 rings (SSSR count). The molecule has 0 aliphatic rings.